The van der Waals surface area contributed by atoms with E-state index in [4.69, 9.17) is 18.6 Å². The molecule has 5 nitrogen and oxygen atoms in total. The summed E-state index contributed by atoms with van der Waals surface area (Å²) in [6, 6.07) is 7.19. The van der Waals surface area contributed by atoms with Gasteiger partial charge in [0.1, 0.15) is 22.7 Å². The molecule has 5 heteroatoms. The normalized spacial score (nSPS) is 17.2. The molecule has 1 aliphatic carbocycles. The predicted molar refractivity (Wildman–Crippen MR) is 94.4 cm³/mol. The third kappa shape index (κ3) is 2.69. The van der Waals surface area contributed by atoms with Crippen molar-refractivity contribution in [3.05, 3.63) is 46.3 Å². The molecule has 0 amide bonds. The zero-order valence-corrected chi connectivity index (χ0v) is 14.3. The van der Waals surface area contributed by atoms with Gasteiger partial charge in [-0.25, -0.2) is 4.79 Å². The number of benzene rings is 1. The van der Waals surface area contributed by atoms with Crippen molar-refractivity contribution in [3.63, 3.8) is 0 Å². The molecule has 4 rings (SSSR count). The maximum atomic E-state index is 12.4. The van der Waals surface area contributed by atoms with E-state index in [1.54, 1.807) is 32.4 Å². The van der Waals surface area contributed by atoms with E-state index in [0.717, 1.165) is 31.2 Å². The van der Waals surface area contributed by atoms with Gasteiger partial charge in [0, 0.05) is 11.6 Å². The minimum atomic E-state index is -0.397. The minimum absolute atomic E-state index is 0.268. The fourth-order valence-electron chi connectivity index (χ4n) is 3.58. The molecule has 1 aromatic heterocycles. The Morgan fingerprint density at radius 3 is 2.52 bits per heavy atom. The molecule has 0 radical (unpaired) electrons. The lowest BCUT2D eigenvalue weighted by atomic mass is 9.97. The lowest BCUT2D eigenvalue weighted by Gasteiger charge is -2.30. The second-order valence-electron chi connectivity index (χ2n) is 6.45. The Morgan fingerprint density at radius 2 is 1.80 bits per heavy atom. The summed E-state index contributed by atoms with van der Waals surface area (Å²) in [6.45, 7) is 0. The van der Waals surface area contributed by atoms with Crippen LogP contribution in [0.5, 0.6) is 17.2 Å². The molecule has 2 heterocycles. The van der Waals surface area contributed by atoms with Crippen molar-refractivity contribution < 1.29 is 18.6 Å². The van der Waals surface area contributed by atoms with Gasteiger partial charge in [-0.05, 0) is 56.0 Å². The fraction of sp³-hybridized carbons (Fsp3) is 0.350. The first-order chi connectivity index (χ1) is 12.1. The van der Waals surface area contributed by atoms with E-state index in [2.05, 4.69) is 0 Å². The van der Waals surface area contributed by atoms with Crippen molar-refractivity contribution >= 4 is 6.08 Å². The van der Waals surface area contributed by atoms with Gasteiger partial charge in [0.15, 0.2) is 11.5 Å². The number of rotatable bonds is 3. The van der Waals surface area contributed by atoms with Crippen LogP contribution in [0.3, 0.4) is 0 Å². The molecule has 25 heavy (non-hydrogen) atoms. The van der Waals surface area contributed by atoms with Gasteiger partial charge >= 0.3 is 5.63 Å². The average molecular weight is 340 g/mol. The van der Waals surface area contributed by atoms with E-state index in [9.17, 15) is 4.79 Å². The first-order valence-corrected chi connectivity index (χ1v) is 8.43. The molecule has 0 N–H and O–H groups in total. The monoisotopic (exact) mass is 340 g/mol. The van der Waals surface area contributed by atoms with Crippen LogP contribution in [0, 0.1) is 0 Å². The van der Waals surface area contributed by atoms with Crippen molar-refractivity contribution in [2.45, 2.75) is 31.3 Å². The Hall–Kier alpha value is -2.69. The van der Waals surface area contributed by atoms with Gasteiger partial charge < -0.3 is 18.6 Å². The SMILES string of the molecule is COc1ccc(-c2cc3c(c(=O)o2)C=CC2(CCCC2)O3)cc1OC. The molecule has 2 aliphatic rings. The Bertz CT molecular complexity index is 887. The standard InChI is InChI=1S/C20H20O5/c1-22-15-6-5-13(11-18(15)23-2)16-12-17-14(19(21)24-16)7-10-20(25-17)8-3-4-9-20/h5-7,10-12H,3-4,8-9H2,1-2H3. The van der Waals surface area contributed by atoms with E-state index in [1.165, 1.54) is 0 Å². The molecule has 1 fully saturated rings. The van der Waals surface area contributed by atoms with E-state index in [1.807, 2.05) is 18.2 Å². The summed E-state index contributed by atoms with van der Waals surface area (Å²) >= 11 is 0. The molecule has 1 aliphatic heterocycles. The van der Waals surface area contributed by atoms with Crippen LogP contribution in [0.2, 0.25) is 0 Å². The van der Waals surface area contributed by atoms with Crippen LogP contribution in [0.25, 0.3) is 17.4 Å². The summed E-state index contributed by atoms with van der Waals surface area (Å²) in [5.41, 5.74) is 0.541. The van der Waals surface area contributed by atoms with Crippen molar-refractivity contribution in [1.29, 1.82) is 0 Å². The molecular weight excluding hydrogens is 320 g/mol. The average Bonchev–Trinajstić information content (AvgIpc) is 3.08. The van der Waals surface area contributed by atoms with Gasteiger partial charge in [0.25, 0.3) is 0 Å². The number of hydrogen-bond donors (Lipinski definition) is 0. The molecule has 130 valence electrons. The first-order valence-electron chi connectivity index (χ1n) is 8.43. The smallest absolute Gasteiger partial charge is 0.347 e. The summed E-state index contributed by atoms with van der Waals surface area (Å²) < 4.78 is 22.3. The number of hydrogen-bond acceptors (Lipinski definition) is 5. The highest BCUT2D eigenvalue weighted by atomic mass is 16.5. The maximum absolute atomic E-state index is 12.4. The quantitative estimate of drug-likeness (QED) is 0.844. The molecule has 1 aromatic carbocycles. The Kier molecular flexibility index (Phi) is 3.79. The molecular formula is C20H20O5. The highest BCUT2D eigenvalue weighted by molar-refractivity contribution is 5.68. The van der Waals surface area contributed by atoms with E-state index in [0.29, 0.717) is 28.6 Å². The first kappa shape index (κ1) is 15.8. The molecule has 0 saturated heterocycles. The van der Waals surface area contributed by atoms with Crippen molar-refractivity contribution in [2.24, 2.45) is 0 Å². The summed E-state index contributed by atoms with van der Waals surface area (Å²) in [4.78, 5) is 12.4. The van der Waals surface area contributed by atoms with Crippen molar-refractivity contribution in [2.75, 3.05) is 14.2 Å². The van der Waals surface area contributed by atoms with E-state index >= 15 is 0 Å². The van der Waals surface area contributed by atoms with Crippen LogP contribution in [-0.2, 0) is 0 Å². The van der Waals surface area contributed by atoms with Gasteiger partial charge in [-0.2, -0.15) is 0 Å². The number of ether oxygens (including phenoxy) is 3. The van der Waals surface area contributed by atoms with Crippen LogP contribution < -0.4 is 19.8 Å². The van der Waals surface area contributed by atoms with E-state index < -0.39 is 5.63 Å². The molecule has 1 spiro atoms. The Balaban J connectivity index is 1.77. The lowest BCUT2D eigenvalue weighted by molar-refractivity contribution is 0.124. The summed E-state index contributed by atoms with van der Waals surface area (Å²) in [5, 5.41) is 0. The molecule has 0 atom stereocenters. The van der Waals surface area contributed by atoms with Gasteiger partial charge in [-0.1, -0.05) is 0 Å². The second-order valence-corrected chi connectivity index (χ2v) is 6.45. The summed E-state index contributed by atoms with van der Waals surface area (Å²) in [5.74, 6) is 2.24. The van der Waals surface area contributed by atoms with Crippen LogP contribution in [0.1, 0.15) is 31.2 Å². The van der Waals surface area contributed by atoms with Crippen LogP contribution >= 0.6 is 0 Å². The van der Waals surface area contributed by atoms with Crippen LogP contribution in [0.15, 0.2) is 39.6 Å². The van der Waals surface area contributed by atoms with Crippen molar-refractivity contribution in [1.82, 2.24) is 0 Å². The van der Waals surface area contributed by atoms with Gasteiger partial charge in [-0.15, -0.1) is 0 Å². The second kappa shape index (κ2) is 5.99. The zero-order valence-electron chi connectivity index (χ0n) is 14.3. The van der Waals surface area contributed by atoms with Crippen LogP contribution in [-0.4, -0.2) is 19.8 Å². The number of methoxy groups -OCH3 is 2. The number of fused-ring (bicyclic) bond motifs is 1. The van der Waals surface area contributed by atoms with Gasteiger partial charge in [0.2, 0.25) is 0 Å². The third-order valence-corrected chi connectivity index (χ3v) is 4.94. The molecule has 2 aromatic rings. The summed E-state index contributed by atoms with van der Waals surface area (Å²) in [6.07, 6.45) is 8.10. The topological polar surface area (TPSA) is 57.9 Å². The highest BCUT2D eigenvalue weighted by Gasteiger charge is 2.37. The highest BCUT2D eigenvalue weighted by Crippen LogP contribution is 2.41. The Labute approximate surface area is 145 Å². The largest absolute Gasteiger partial charge is 0.493 e. The minimum Gasteiger partial charge on any atom is -0.493 e. The van der Waals surface area contributed by atoms with Crippen LogP contribution in [0.4, 0.5) is 0 Å². The van der Waals surface area contributed by atoms with Crippen molar-refractivity contribution in [3.8, 4) is 28.6 Å². The molecule has 0 bridgehead atoms. The van der Waals surface area contributed by atoms with Gasteiger partial charge in [0.05, 0.1) is 14.2 Å². The molecule has 1 saturated carbocycles. The maximum Gasteiger partial charge on any atom is 0.347 e. The lowest BCUT2D eigenvalue weighted by Crippen LogP contribution is -2.33. The zero-order chi connectivity index (χ0) is 17.4. The Morgan fingerprint density at radius 1 is 1.04 bits per heavy atom. The molecule has 0 unspecified atom stereocenters. The fourth-order valence-corrected chi connectivity index (χ4v) is 3.58. The van der Waals surface area contributed by atoms with Gasteiger partial charge in [-0.3, -0.25) is 0 Å². The predicted octanol–water partition coefficient (Wildman–Crippen LogP) is 4.04. The van der Waals surface area contributed by atoms with E-state index in [-0.39, 0.29) is 5.60 Å². The third-order valence-electron chi connectivity index (χ3n) is 4.94. The summed E-state index contributed by atoms with van der Waals surface area (Å²) in [7, 11) is 3.15.